The molecule has 1 aliphatic carbocycles. The number of allylic oxidation sites excluding steroid dienone is 2. The molecule has 112 valence electrons. The Labute approximate surface area is 121 Å². The van der Waals surface area contributed by atoms with E-state index in [1.165, 1.54) is 0 Å². The number of nitrogens with zero attached hydrogens (tertiary/aromatic N) is 1. The molecule has 0 amide bonds. The van der Waals surface area contributed by atoms with Gasteiger partial charge in [-0.05, 0) is 11.8 Å². The smallest absolute Gasteiger partial charge is 0.168 e. The predicted molar refractivity (Wildman–Crippen MR) is 80.5 cm³/mol. The maximum absolute atomic E-state index is 12.4. The van der Waals surface area contributed by atoms with Crippen LogP contribution in [0, 0.1) is 5.41 Å². The van der Waals surface area contributed by atoms with Crippen LogP contribution in [0.2, 0.25) is 0 Å². The minimum absolute atomic E-state index is 0.0643. The first kappa shape index (κ1) is 16.5. The number of carbonyl (C=O) groups is 1. The number of rotatable bonds is 7. The number of Topliss-reactive ketones (excluding diaryl/α,β-unsaturated/α-hetero) is 1. The van der Waals surface area contributed by atoms with E-state index in [-0.39, 0.29) is 11.2 Å². The third-order valence-corrected chi connectivity index (χ3v) is 3.22. The maximum Gasteiger partial charge on any atom is 0.168 e. The van der Waals surface area contributed by atoms with E-state index < -0.39 is 0 Å². The molecule has 0 saturated heterocycles. The Hall–Kier alpha value is -1.58. The van der Waals surface area contributed by atoms with Gasteiger partial charge in [0.15, 0.2) is 5.78 Å². The van der Waals surface area contributed by atoms with Crippen LogP contribution in [0.3, 0.4) is 0 Å². The van der Waals surface area contributed by atoms with Gasteiger partial charge in [-0.1, -0.05) is 45.0 Å². The summed E-state index contributed by atoms with van der Waals surface area (Å²) in [6, 6.07) is 0. The van der Waals surface area contributed by atoms with Crippen molar-refractivity contribution in [2.24, 2.45) is 10.6 Å². The molecule has 0 aromatic heterocycles. The van der Waals surface area contributed by atoms with Gasteiger partial charge in [-0.25, -0.2) is 0 Å². The SMILES string of the molecule is C=CCON=C(CCC)C1=C(OC)CC(C)(C)CC1=O. The highest BCUT2D eigenvalue weighted by Crippen LogP contribution is 2.37. The predicted octanol–water partition coefficient (Wildman–Crippen LogP) is 3.63. The Bertz CT molecular complexity index is 433. The third-order valence-electron chi connectivity index (χ3n) is 3.22. The molecule has 0 aromatic carbocycles. The highest BCUT2D eigenvalue weighted by molar-refractivity contribution is 6.23. The van der Waals surface area contributed by atoms with E-state index in [0.29, 0.717) is 30.7 Å². The second-order valence-electron chi connectivity index (χ2n) is 5.82. The molecule has 1 aliphatic rings. The Morgan fingerprint density at radius 2 is 2.15 bits per heavy atom. The fraction of sp³-hybridized carbons (Fsp3) is 0.625. The van der Waals surface area contributed by atoms with E-state index in [2.05, 4.69) is 25.6 Å². The Morgan fingerprint density at radius 1 is 1.45 bits per heavy atom. The van der Waals surface area contributed by atoms with Crippen LogP contribution in [-0.4, -0.2) is 25.2 Å². The Kier molecular flexibility index (Phi) is 5.99. The average molecular weight is 279 g/mol. The van der Waals surface area contributed by atoms with Crippen molar-refractivity contribution >= 4 is 11.5 Å². The molecule has 0 atom stereocenters. The summed E-state index contributed by atoms with van der Waals surface area (Å²) in [5.41, 5.74) is 1.23. The van der Waals surface area contributed by atoms with Crippen molar-refractivity contribution in [1.29, 1.82) is 0 Å². The summed E-state index contributed by atoms with van der Waals surface area (Å²) in [6.07, 6.45) is 4.48. The zero-order chi connectivity index (χ0) is 15.2. The molecule has 0 heterocycles. The van der Waals surface area contributed by atoms with Gasteiger partial charge in [0.1, 0.15) is 12.4 Å². The molecule has 0 radical (unpaired) electrons. The van der Waals surface area contributed by atoms with Crippen LogP contribution in [0.15, 0.2) is 29.1 Å². The molecule has 0 N–H and O–H groups in total. The minimum atomic E-state index is -0.0643. The Morgan fingerprint density at radius 3 is 2.70 bits per heavy atom. The molecule has 20 heavy (non-hydrogen) atoms. The van der Waals surface area contributed by atoms with Crippen LogP contribution in [0.25, 0.3) is 0 Å². The van der Waals surface area contributed by atoms with Gasteiger partial charge < -0.3 is 9.57 Å². The standard InChI is InChI=1S/C16H25NO3/c1-6-8-12(17-20-9-7-2)15-13(18)10-16(3,4)11-14(15)19-5/h7H,2,6,8-11H2,1,3-5H3. The molecule has 4 nitrogen and oxygen atoms in total. The molecule has 0 spiro atoms. The number of hydrogen-bond donors (Lipinski definition) is 0. The number of oxime groups is 1. The summed E-state index contributed by atoms with van der Waals surface area (Å²) in [6.45, 7) is 10.1. The number of methoxy groups -OCH3 is 1. The van der Waals surface area contributed by atoms with Crippen LogP contribution in [0.4, 0.5) is 0 Å². The molecule has 1 rings (SSSR count). The Balaban J connectivity index is 3.13. The second-order valence-corrected chi connectivity index (χ2v) is 5.82. The van der Waals surface area contributed by atoms with Crippen LogP contribution in [0.1, 0.15) is 46.5 Å². The summed E-state index contributed by atoms with van der Waals surface area (Å²) >= 11 is 0. The van der Waals surface area contributed by atoms with Crippen molar-refractivity contribution in [1.82, 2.24) is 0 Å². The lowest BCUT2D eigenvalue weighted by molar-refractivity contribution is -0.118. The molecule has 0 saturated carbocycles. The van der Waals surface area contributed by atoms with Gasteiger partial charge >= 0.3 is 0 Å². The van der Waals surface area contributed by atoms with Gasteiger partial charge in [0.25, 0.3) is 0 Å². The largest absolute Gasteiger partial charge is 0.500 e. The van der Waals surface area contributed by atoms with Gasteiger partial charge in [0, 0.05) is 12.8 Å². The number of hydrogen-bond acceptors (Lipinski definition) is 4. The van der Waals surface area contributed by atoms with Crippen LogP contribution in [0.5, 0.6) is 0 Å². The topological polar surface area (TPSA) is 47.9 Å². The van der Waals surface area contributed by atoms with Crippen molar-refractivity contribution < 1.29 is 14.4 Å². The van der Waals surface area contributed by atoms with Gasteiger partial charge in [0.05, 0.1) is 18.4 Å². The lowest BCUT2D eigenvalue weighted by atomic mass is 9.75. The fourth-order valence-corrected chi connectivity index (χ4v) is 2.38. The van der Waals surface area contributed by atoms with Gasteiger partial charge in [0.2, 0.25) is 0 Å². The first-order valence-corrected chi connectivity index (χ1v) is 7.05. The van der Waals surface area contributed by atoms with Crippen LogP contribution >= 0.6 is 0 Å². The van der Waals surface area contributed by atoms with Crippen molar-refractivity contribution in [3.63, 3.8) is 0 Å². The summed E-state index contributed by atoms with van der Waals surface area (Å²) < 4.78 is 5.45. The zero-order valence-corrected chi connectivity index (χ0v) is 13.0. The number of ether oxygens (including phenoxy) is 1. The number of carbonyl (C=O) groups excluding carboxylic acids is 1. The quantitative estimate of drug-likeness (QED) is 0.309. The van der Waals surface area contributed by atoms with E-state index in [1.54, 1.807) is 13.2 Å². The minimum Gasteiger partial charge on any atom is -0.500 e. The fourth-order valence-electron chi connectivity index (χ4n) is 2.38. The first-order chi connectivity index (χ1) is 9.45. The van der Waals surface area contributed by atoms with E-state index in [1.807, 2.05) is 6.92 Å². The van der Waals surface area contributed by atoms with E-state index in [4.69, 9.17) is 9.57 Å². The summed E-state index contributed by atoms with van der Waals surface area (Å²) in [5, 5.41) is 4.11. The molecule has 0 aromatic rings. The molecular formula is C16H25NO3. The lowest BCUT2D eigenvalue weighted by Gasteiger charge is -2.31. The highest BCUT2D eigenvalue weighted by atomic mass is 16.6. The molecule has 0 fully saturated rings. The summed E-state index contributed by atoms with van der Waals surface area (Å²) in [5.74, 6) is 0.813. The lowest BCUT2D eigenvalue weighted by Crippen LogP contribution is -2.30. The van der Waals surface area contributed by atoms with Crippen molar-refractivity contribution in [2.75, 3.05) is 13.7 Å². The molecule has 4 heteroatoms. The molecule has 0 aliphatic heterocycles. The normalized spacial score (nSPS) is 19.0. The third kappa shape index (κ3) is 4.22. The van der Waals surface area contributed by atoms with Gasteiger partial charge in [-0.2, -0.15) is 0 Å². The van der Waals surface area contributed by atoms with Gasteiger partial charge in [-0.3, -0.25) is 4.79 Å². The van der Waals surface area contributed by atoms with E-state index in [0.717, 1.165) is 18.6 Å². The van der Waals surface area contributed by atoms with E-state index in [9.17, 15) is 4.79 Å². The first-order valence-electron chi connectivity index (χ1n) is 7.05. The van der Waals surface area contributed by atoms with Crippen LogP contribution < -0.4 is 0 Å². The van der Waals surface area contributed by atoms with Crippen molar-refractivity contribution in [3.8, 4) is 0 Å². The van der Waals surface area contributed by atoms with Gasteiger partial charge in [-0.15, -0.1) is 0 Å². The molecule has 0 unspecified atom stereocenters. The highest BCUT2D eigenvalue weighted by Gasteiger charge is 2.35. The molecule has 0 bridgehead atoms. The molecular weight excluding hydrogens is 254 g/mol. The monoisotopic (exact) mass is 279 g/mol. The number of ketones is 1. The van der Waals surface area contributed by atoms with Crippen molar-refractivity contribution in [3.05, 3.63) is 24.0 Å². The summed E-state index contributed by atoms with van der Waals surface area (Å²) in [4.78, 5) is 17.6. The van der Waals surface area contributed by atoms with Crippen molar-refractivity contribution in [2.45, 2.75) is 46.5 Å². The van der Waals surface area contributed by atoms with Crippen LogP contribution in [-0.2, 0) is 14.4 Å². The second kappa shape index (κ2) is 7.27. The zero-order valence-electron chi connectivity index (χ0n) is 13.0. The average Bonchev–Trinajstić information content (AvgIpc) is 2.36. The van der Waals surface area contributed by atoms with E-state index >= 15 is 0 Å². The maximum atomic E-state index is 12.4. The summed E-state index contributed by atoms with van der Waals surface area (Å²) in [7, 11) is 1.61.